The lowest BCUT2D eigenvalue weighted by atomic mass is 10.1. The van der Waals surface area contributed by atoms with Crippen LogP contribution in [0.4, 0.5) is 0 Å². The monoisotopic (exact) mass is 252 g/mol. The van der Waals surface area contributed by atoms with Crippen molar-refractivity contribution in [2.24, 2.45) is 11.7 Å². The van der Waals surface area contributed by atoms with Gasteiger partial charge in [0.1, 0.15) is 0 Å². The van der Waals surface area contributed by atoms with E-state index in [1.807, 2.05) is 36.1 Å². The fourth-order valence-electron chi connectivity index (χ4n) is 2.32. The molecular weight excluding hydrogens is 236 g/mol. The minimum Gasteiger partial charge on any atom is -0.336 e. The SMILES string of the molecule is CC(c1ccccc1Cl)N1CC(CN)CC1=O. The lowest BCUT2D eigenvalue weighted by Crippen LogP contribution is -2.29. The predicted octanol–water partition coefficient (Wildman–Crippen LogP) is 2.21. The van der Waals surface area contributed by atoms with Gasteiger partial charge in [0.25, 0.3) is 0 Å². The second-order valence-corrected chi connectivity index (χ2v) is 4.96. The average molecular weight is 253 g/mol. The number of benzene rings is 1. The van der Waals surface area contributed by atoms with Crippen LogP contribution in [0.25, 0.3) is 0 Å². The Labute approximate surface area is 107 Å². The van der Waals surface area contributed by atoms with Crippen LogP contribution in [0.15, 0.2) is 24.3 Å². The Bertz CT molecular complexity index is 422. The number of hydrogen-bond donors (Lipinski definition) is 1. The van der Waals surface area contributed by atoms with Crippen LogP contribution < -0.4 is 5.73 Å². The molecule has 1 aromatic rings. The zero-order chi connectivity index (χ0) is 12.4. The van der Waals surface area contributed by atoms with Crippen molar-refractivity contribution in [2.45, 2.75) is 19.4 Å². The molecule has 0 spiro atoms. The molecule has 17 heavy (non-hydrogen) atoms. The van der Waals surface area contributed by atoms with Crippen molar-refractivity contribution in [2.75, 3.05) is 13.1 Å². The lowest BCUT2D eigenvalue weighted by molar-refractivity contribution is -0.129. The first kappa shape index (κ1) is 12.4. The van der Waals surface area contributed by atoms with Gasteiger partial charge in [-0.2, -0.15) is 0 Å². The van der Waals surface area contributed by atoms with E-state index in [1.54, 1.807) is 0 Å². The highest BCUT2D eigenvalue weighted by Crippen LogP contribution is 2.31. The topological polar surface area (TPSA) is 46.3 Å². The van der Waals surface area contributed by atoms with Gasteiger partial charge in [0, 0.05) is 18.0 Å². The van der Waals surface area contributed by atoms with Crippen molar-refractivity contribution in [3.8, 4) is 0 Å². The molecule has 2 unspecified atom stereocenters. The number of carbonyl (C=O) groups excluding carboxylic acids is 1. The van der Waals surface area contributed by atoms with Crippen LogP contribution in [0.5, 0.6) is 0 Å². The van der Waals surface area contributed by atoms with Crippen molar-refractivity contribution in [3.63, 3.8) is 0 Å². The minimum absolute atomic E-state index is 0.0211. The van der Waals surface area contributed by atoms with Gasteiger partial charge in [-0.15, -0.1) is 0 Å². The Morgan fingerprint density at radius 1 is 1.53 bits per heavy atom. The summed E-state index contributed by atoms with van der Waals surface area (Å²) in [7, 11) is 0. The van der Waals surface area contributed by atoms with E-state index in [2.05, 4.69) is 0 Å². The van der Waals surface area contributed by atoms with Crippen molar-refractivity contribution >= 4 is 17.5 Å². The van der Waals surface area contributed by atoms with Gasteiger partial charge in [-0.05, 0) is 31.0 Å². The normalized spacial score (nSPS) is 21.9. The molecule has 1 amide bonds. The maximum Gasteiger partial charge on any atom is 0.223 e. The molecule has 1 heterocycles. The summed E-state index contributed by atoms with van der Waals surface area (Å²) in [6, 6.07) is 7.68. The molecule has 4 heteroatoms. The Morgan fingerprint density at radius 2 is 2.24 bits per heavy atom. The van der Waals surface area contributed by atoms with Crippen LogP contribution in [-0.4, -0.2) is 23.9 Å². The summed E-state index contributed by atoms with van der Waals surface area (Å²) < 4.78 is 0. The quantitative estimate of drug-likeness (QED) is 0.897. The summed E-state index contributed by atoms with van der Waals surface area (Å²) in [4.78, 5) is 13.8. The molecule has 0 aliphatic carbocycles. The number of carbonyl (C=O) groups is 1. The number of rotatable bonds is 3. The van der Waals surface area contributed by atoms with Gasteiger partial charge in [-0.25, -0.2) is 0 Å². The van der Waals surface area contributed by atoms with Gasteiger partial charge in [-0.3, -0.25) is 4.79 Å². The maximum absolute atomic E-state index is 11.9. The van der Waals surface area contributed by atoms with Crippen LogP contribution in [0.1, 0.15) is 24.9 Å². The van der Waals surface area contributed by atoms with Gasteiger partial charge in [-0.1, -0.05) is 29.8 Å². The maximum atomic E-state index is 11.9. The second-order valence-electron chi connectivity index (χ2n) is 4.55. The van der Waals surface area contributed by atoms with Crippen LogP contribution in [0.3, 0.4) is 0 Å². The Kier molecular flexibility index (Phi) is 3.69. The van der Waals surface area contributed by atoms with Crippen LogP contribution in [0, 0.1) is 5.92 Å². The van der Waals surface area contributed by atoms with E-state index >= 15 is 0 Å². The van der Waals surface area contributed by atoms with E-state index < -0.39 is 0 Å². The molecule has 1 aromatic carbocycles. The number of likely N-dealkylation sites (tertiary alicyclic amines) is 1. The third kappa shape index (κ3) is 2.45. The number of halogens is 1. The van der Waals surface area contributed by atoms with Crippen LogP contribution >= 0.6 is 11.6 Å². The van der Waals surface area contributed by atoms with Crippen LogP contribution in [0.2, 0.25) is 5.02 Å². The Balaban J connectivity index is 2.18. The van der Waals surface area contributed by atoms with E-state index in [-0.39, 0.29) is 17.9 Å². The molecule has 0 aromatic heterocycles. The van der Waals surface area contributed by atoms with E-state index in [9.17, 15) is 4.79 Å². The van der Waals surface area contributed by atoms with Gasteiger partial charge >= 0.3 is 0 Å². The summed E-state index contributed by atoms with van der Waals surface area (Å²) in [5, 5.41) is 0.712. The molecule has 0 radical (unpaired) electrons. The van der Waals surface area contributed by atoms with E-state index in [0.29, 0.717) is 18.0 Å². The summed E-state index contributed by atoms with van der Waals surface area (Å²) >= 11 is 6.15. The fraction of sp³-hybridized carbons (Fsp3) is 0.462. The third-order valence-corrected chi connectivity index (χ3v) is 3.74. The molecule has 2 rings (SSSR count). The second kappa shape index (κ2) is 5.07. The molecule has 1 aliphatic rings. The Hall–Kier alpha value is -1.06. The van der Waals surface area contributed by atoms with Gasteiger partial charge in [0.05, 0.1) is 6.04 Å². The first-order chi connectivity index (χ1) is 8.13. The standard InChI is InChI=1S/C13H17ClN2O/c1-9(11-4-2-3-5-12(11)14)16-8-10(7-15)6-13(16)17/h2-5,9-10H,6-8,15H2,1H3. The van der Waals surface area contributed by atoms with Crippen molar-refractivity contribution in [1.82, 2.24) is 4.90 Å². The molecule has 3 nitrogen and oxygen atoms in total. The van der Waals surface area contributed by atoms with E-state index in [0.717, 1.165) is 12.1 Å². The highest BCUT2D eigenvalue weighted by Gasteiger charge is 2.32. The van der Waals surface area contributed by atoms with E-state index in [1.165, 1.54) is 0 Å². The molecule has 2 N–H and O–H groups in total. The molecule has 1 saturated heterocycles. The van der Waals surface area contributed by atoms with E-state index in [4.69, 9.17) is 17.3 Å². The largest absolute Gasteiger partial charge is 0.336 e. The molecule has 2 atom stereocenters. The van der Waals surface area contributed by atoms with Crippen molar-refractivity contribution in [1.29, 1.82) is 0 Å². The molecule has 0 bridgehead atoms. The Morgan fingerprint density at radius 3 is 2.82 bits per heavy atom. The molecule has 0 saturated carbocycles. The van der Waals surface area contributed by atoms with Gasteiger partial charge in [0.2, 0.25) is 5.91 Å². The molecule has 1 fully saturated rings. The molecule has 92 valence electrons. The summed E-state index contributed by atoms with van der Waals surface area (Å²) in [6.07, 6.45) is 0.561. The highest BCUT2D eigenvalue weighted by atomic mass is 35.5. The average Bonchev–Trinajstić information content (AvgIpc) is 2.70. The van der Waals surface area contributed by atoms with Crippen molar-refractivity contribution < 1.29 is 4.79 Å². The van der Waals surface area contributed by atoms with Crippen molar-refractivity contribution in [3.05, 3.63) is 34.9 Å². The highest BCUT2D eigenvalue weighted by molar-refractivity contribution is 6.31. The fourth-order valence-corrected chi connectivity index (χ4v) is 2.62. The summed E-state index contributed by atoms with van der Waals surface area (Å²) in [5.74, 6) is 0.459. The zero-order valence-electron chi connectivity index (χ0n) is 9.90. The first-order valence-corrected chi connectivity index (χ1v) is 6.25. The third-order valence-electron chi connectivity index (χ3n) is 3.39. The smallest absolute Gasteiger partial charge is 0.223 e. The molecule has 1 aliphatic heterocycles. The van der Waals surface area contributed by atoms with Gasteiger partial charge in [0.15, 0.2) is 0 Å². The predicted molar refractivity (Wildman–Crippen MR) is 68.7 cm³/mol. The lowest BCUT2D eigenvalue weighted by Gasteiger charge is -2.25. The zero-order valence-corrected chi connectivity index (χ0v) is 10.7. The first-order valence-electron chi connectivity index (χ1n) is 5.87. The number of nitrogens with zero attached hydrogens (tertiary/aromatic N) is 1. The van der Waals surface area contributed by atoms with Crippen LogP contribution in [-0.2, 0) is 4.79 Å². The van der Waals surface area contributed by atoms with Gasteiger partial charge < -0.3 is 10.6 Å². The summed E-state index contributed by atoms with van der Waals surface area (Å²) in [6.45, 7) is 3.32. The number of nitrogens with two attached hydrogens (primary N) is 1. The number of hydrogen-bond acceptors (Lipinski definition) is 2. The minimum atomic E-state index is 0.0211. The number of amides is 1. The summed E-state index contributed by atoms with van der Waals surface area (Å²) in [5.41, 5.74) is 6.62. The molecular formula is C13H17ClN2O.